The summed E-state index contributed by atoms with van der Waals surface area (Å²) in [5.41, 5.74) is 0. The summed E-state index contributed by atoms with van der Waals surface area (Å²) in [4.78, 5) is 0.0340. The van der Waals surface area contributed by atoms with Crippen molar-refractivity contribution in [2.45, 2.75) is 4.90 Å². The Morgan fingerprint density at radius 2 is 1.82 bits per heavy atom. The molecule has 1 aromatic rings. The average Bonchev–Trinajstić information content (AvgIpc) is 1.86. The summed E-state index contributed by atoms with van der Waals surface area (Å²) in [6.07, 6.45) is 0. The van der Waals surface area contributed by atoms with Gasteiger partial charge in [-0.1, -0.05) is 0 Å². The van der Waals surface area contributed by atoms with E-state index in [1.54, 1.807) is 18.2 Å². The van der Waals surface area contributed by atoms with Gasteiger partial charge in [0, 0.05) is 0 Å². The predicted molar refractivity (Wildman–Crippen MR) is 41.6 cm³/mol. The molecule has 0 radical (unpaired) electrons. The van der Waals surface area contributed by atoms with Crippen LogP contribution in [0.3, 0.4) is 0 Å². The quantitative estimate of drug-likeness (QED) is 0.478. The molecule has 0 fully saturated rings. The standard InChI is InChI=1S/C6H5O3S.Na/c7-10(8,9)6-4-2-1-3-5-6;/h1-4H,(H,7,8,9);. The van der Waals surface area contributed by atoms with Gasteiger partial charge in [0.1, 0.15) is 0 Å². The first kappa shape index (κ1) is 9.22. The average molecular weight is 180 g/mol. The zero-order valence-electron chi connectivity index (χ0n) is 5.98. The SMILES string of the molecule is O=S(=O)(O)c1cccc[c]1[Na]. The van der Waals surface area contributed by atoms with Crippen molar-refractivity contribution in [2.24, 2.45) is 0 Å². The van der Waals surface area contributed by atoms with E-state index in [4.69, 9.17) is 4.55 Å². The van der Waals surface area contributed by atoms with E-state index in [2.05, 4.69) is 0 Å². The maximum atomic E-state index is 10.6. The molecule has 0 aliphatic rings. The number of hydrogen-bond acceptors (Lipinski definition) is 2. The summed E-state index contributed by atoms with van der Waals surface area (Å²) in [6, 6.07) is 6.43. The van der Waals surface area contributed by atoms with E-state index in [0.29, 0.717) is 30.7 Å². The molecule has 0 amide bonds. The summed E-state index contributed by atoms with van der Waals surface area (Å²) in [6.45, 7) is 0. The molecule has 1 aromatic carbocycles. The Labute approximate surface area is 82.6 Å². The van der Waals surface area contributed by atoms with E-state index >= 15 is 0 Å². The summed E-state index contributed by atoms with van der Waals surface area (Å²) in [5, 5.41) is 0. The zero-order valence-corrected chi connectivity index (χ0v) is 8.80. The first-order chi connectivity index (χ1) is 5.02. The van der Waals surface area contributed by atoms with Gasteiger partial charge in [0.05, 0.1) is 0 Å². The molecular formula is C6H5NaO3S. The van der Waals surface area contributed by atoms with E-state index in [-0.39, 0.29) is 4.90 Å². The molecule has 1 rings (SSSR count). The Morgan fingerprint density at radius 3 is 2.18 bits per heavy atom. The normalized spacial score (nSPS) is 11.5. The van der Waals surface area contributed by atoms with Crippen molar-refractivity contribution in [3.05, 3.63) is 24.3 Å². The zero-order chi connectivity index (χ0) is 8.48. The molecule has 54 valence electrons. The number of hydrogen-bond donors (Lipinski definition) is 1. The van der Waals surface area contributed by atoms with Gasteiger partial charge >= 0.3 is 83.0 Å². The molecule has 0 saturated heterocycles. The van der Waals surface area contributed by atoms with Crippen molar-refractivity contribution in [3.8, 4) is 0 Å². The fourth-order valence-electron chi connectivity index (χ4n) is 0.846. The second-order valence-electron chi connectivity index (χ2n) is 2.24. The minimum absolute atomic E-state index is 0.0340. The van der Waals surface area contributed by atoms with Crippen LogP contribution in [0.15, 0.2) is 29.2 Å². The summed E-state index contributed by atoms with van der Waals surface area (Å²) >= 11 is 0.617. The minimum atomic E-state index is -4.00. The van der Waals surface area contributed by atoms with Gasteiger partial charge in [-0.25, -0.2) is 0 Å². The predicted octanol–water partition coefficient (Wildman–Crippen LogP) is -0.273. The molecule has 0 spiro atoms. The molecule has 0 aliphatic carbocycles. The van der Waals surface area contributed by atoms with Crippen LogP contribution in [-0.2, 0) is 10.1 Å². The third-order valence-electron chi connectivity index (χ3n) is 1.37. The Morgan fingerprint density at radius 1 is 1.27 bits per heavy atom. The maximum absolute atomic E-state index is 10.6. The van der Waals surface area contributed by atoms with E-state index in [9.17, 15) is 8.42 Å². The van der Waals surface area contributed by atoms with Crippen molar-refractivity contribution in [1.82, 2.24) is 0 Å². The van der Waals surface area contributed by atoms with Crippen LogP contribution in [0.4, 0.5) is 0 Å². The third-order valence-corrected chi connectivity index (χ3v) is 3.62. The van der Waals surface area contributed by atoms with Gasteiger partial charge in [0.15, 0.2) is 0 Å². The van der Waals surface area contributed by atoms with Crippen LogP contribution in [0, 0.1) is 0 Å². The van der Waals surface area contributed by atoms with Gasteiger partial charge in [0.2, 0.25) is 0 Å². The van der Waals surface area contributed by atoms with Gasteiger partial charge in [-0.2, -0.15) is 0 Å². The van der Waals surface area contributed by atoms with Crippen LogP contribution in [0.1, 0.15) is 0 Å². The molecule has 0 aromatic heterocycles. The molecule has 11 heavy (non-hydrogen) atoms. The molecule has 0 unspecified atom stereocenters. The van der Waals surface area contributed by atoms with E-state index in [1.807, 2.05) is 0 Å². The first-order valence-electron chi connectivity index (χ1n) is 3.05. The van der Waals surface area contributed by atoms with Crippen LogP contribution < -0.4 is 2.81 Å². The van der Waals surface area contributed by atoms with Gasteiger partial charge in [-0.15, -0.1) is 0 Å². The molecule has 0 saturated carbocycles. The summed E-state index contributed by atoms with van der Waals surface area (Å²) in [7, 11) is -4.00. The molecular weight excluding hydrogens is 175 g/mol. The fraction of sp³-hybridized carbons (Fsp3) is 0. The van der Waals surface area contributed by atoms with Gasteiger partial charge in [-0.05, 0) is 0 Å². The van der Waals surface area contributed by atoms with Crippen molar-refractivity contribution in [3.63, 3.8) is 0 Å². The molecule has 5 heteroatoms. The summed E-state index contributed by atoms with van der Waals surface area (Å²) in [5.74, 6) is 0. The first-order valence-corrected chi connectivity index (χ1v) is 5.49. The van der Waals surface area contributed by atoms with Crippen LogP contribution in [-0.4, -0.2) is 40.9 Å². The van der Waals surface area contributed by atoms with Crippen LogP contribution in [0.2, 0.25) is 0 Å². The van der Waals surface area contributed by atoms with E-state index in [0.717, 1.165) is 0 Å². The Hall–Kier alpha value is 0.130. The monoisotopic (exact) mass is 180 g/mol. The molecule has 3 nitrogen and oxygen atoms in total. The molecule has 0 atom stereocenters. The van der Waals surface area contributed by atoms with Crippen molar-refractivity contribution >= 4 is 40.9 Å². The van der Waals surface area contributed by atoms with Crippen LogP contribution in [0.25, 0.3) is 0 Å². The summed E-state index contributed by atoms with van der Waals surface area (Å²) < 4.78 is 30.6. The van der Waals surface area contributed by atoms with E-state index < -0.39 is 10.1 Å². The van der Waals surface area contributed by atoms with Gasteiger partial charge in [0.25, 0.3) is 0 Å². The van der Waals surface area contributed by atoms with Gasteiger partial charge in [-0.3, -0.25) is 0 Å². The van der Waals surface area contributed by atoms with Crippen molar-refractivity contribution in [1.29, 1.82) is 0 Å². The van der Waals surface area contributed by atoms with Crippen LogP contribution >= 0.6 is 0 Å². The van der Waals surface area contributed by atoms with Gasteiger partial charge < -0.3 is 0 Å². The molecule has 1 N–H and O–H groups in total. The van der Waals surface area contributed by atoms with Crippen LogP contribution in [0.5, 0.6) is 0 Å². The Bertz CT molecular complexity index is 358. The second-order valence-corrected chi connectivity index (χ2v) is 4.71. The molecule has 0 heterocycles. The van der Waals surface area contributed by atoms with E-state index in [1.165, 1.54) is 6.07 Å². The number of benzene rings is 1. The molecule has 0 bridgehead atoms. The Kier molecular flexibility index (Phi) is 2.72. The second kappa shape index (κ2) is 3.25. The molecule has 0 aliphatic heterocycles. The topological polar surface area (TPSA) is 54.4 Å². The van der Waals surface area contributed by atoms with Crippen molar-refractivity contribution < 1.29 is 13.0 Å². The number of rotatable bonds is 1. The Balaban J connectivity index is 3.37. The van der Waals surface area contributed by atoms with Crippen molar-refractivity contribution in [2.75, 3.05) is 0 Å². The third kappa shape index (κ3) is 2.28. The fourth-order valence-corrected chi connectivity index (χ4v) is 2.70.